The second-order valence-electron chi connectivity index (χ2n) is 4.58. The Morgan fingerprint density at radius 3 is 3.00 bits per heavy atom. The quantitative estimate of drug-likeness (QED) is 0.835. The number of hydrogen-bond acceptors (Lipinski definition) is 2. The lowest BCUT2D eigenvalue weighted by Crippen LogP contribution is -2.30. The maximum atomic E-state index is 12.4. The summed E-state index contributed by atoms with van der Waals surface area (Å²) >= 11 is 2.25. The SMILES string of the molecule is Cc1cccc(C(=O)N2CCC(CN)C2)c1I. The monoisotopic (exact) mass is 344 g/mol. The van der Waals surface area contributed by atoms with Crippen LogP contribution >= 0.6 is 22.6 Å². The van der Waals surface area contributed by atoms with Gasteiger partial charge in [0, 0.05) is 16.7 Å². The van der Waals surface area contributed by atoms with Gasteiger partial charge in [0.2, 0.25) is 0 Å². The molecule has 2 rings (SSSR count). The van der Waals surface area contributed by atoms with E-state index in [4.69, 9.17) is 5.73 Å². The Balaban J connectivity index is 2.18. The highest BCUT2D eigenvalue weighted by Gasteiger charge is 2.27. The molecule has 2 N–H and O–H groups in total. The van der Waals surface area contributed by atoms with Gasteiger partial charge in [0.25, 0.3) is 5.91 Å². The van der Waals surface area contributed by atoms with E-state index in [1.54, 1.807) is 0 Å². The van der Waals surface area contributed by atoms with Crippen LogP contribution in [0.2, 0.25) is 0 Å². The van der Waals surface area contributed by atoms with E-state index in [-0.39, 0.29) is 5.91 Å². The molecular weight excluding hydrogens is 327 g/mol. The summed E-state index contributed by atoms with van der Waals surface area (Å²) in [5, 5.41) is 0. The first-order valence-electron chi connectivity index (χ1n) is 5.88. The van der Waals surface area contributed by atoms with Gasteiger partial charge in [-0.15, -0.1) is 0 Å². The fraction of sp³-hybridized carbons (Fsp3) is 0.462. The number of carbonyl (C=O) groups excluding carboxylic acids is 1. The van der Waals surface area contributed by atoms with Crippen LogP contribution in [0.5, 0.6) is 0 Å². The van der Waals surface area contributed by atoms with Crippen molar-refractivity contribution in [1.82, 2.24) is 4.90 Å². The average Bonchev–Trinajstić information content (AvgIpc) is 2.80. The Bertz CT molecular complexity index is 433. The van der Waals surface area contributed by atoms with E-state index in [2.05, 4.69) is 22.6 Å². The number of likely N-dealkylation sites (tertiary alicyclic amines) is 1. The van der Waals surface area contributed by atoms with Gasteiger partial charge in [-0.05, 0) is 60.0 Å². The minimum absolute atomic E-state index is 0.147. The molecule has 1 fully saturated rings. The third-order valence-corrected chi connectivity index (χ3v) is 4.76. The molecule has 92 valence electrons. The lowest BCUT2D eigenvalue weighted by atomic mass is 10.1. The van der Waals surface area contributed by atoms with E-state index in [1.807, 2.05) is 30.0 Å². The van der Waals surface area contributed by atoms with E-state index < -0.39 is 0 Å². The Morgan fingerprint density at radius 1 is 1.59 bits per heavy atom. The largest absolute Gasteiger partial charge is 0.338 e. The summed E-state index contributed by atoms with van der Waals surface area (Å²) in [5.74, 6) is 0.621. The van der Waals surface area contributed by atoms with Crippen LogP contribution in [-0.2, 0) is 0 Å². The molecule has 0 aliphatic carbocycles. The molecule has 1 aliphatic rings. The minimum Gasteiger partial charge on any atom is -0.338 e. The van der Waals surface area contributed by atoms with Crippen molar-refractivity contribution in [3.05, 3.63) is 32.9 Å². The topological polar surface area (TPSA) is 46.3 Å². The Kier molecular flexibility index (Phi) is 4.04. The van der Waals surface area contributed by atoms with Gasteiger partial charge in [-0.3, -0.25) is 4.79 Å². The van der Waals surface area contributed by atoms with Gasteiger partial charge in [-0.1, -0.05) is 12.1 Å². The van der Waals surface area contributed by atoms with Gasteiger partial charge in [0.15, 0.2) is 0 Å². The first-order chi connectivity index (χ1) is 8.13. The van der Waals surface area contributed by atoms with Gasteiger partial charge in [-0.2, -0.15) is 0 Å². The zero-order chi connectivity index (χ0) is 12.4. The molecule has 0 aromatic heterocycles. The molecule has 0 spiro atoms. The Hall–Kier alpha value is -0.620. The molecule has 1 unspecified atom stereocenters. The van der Waals surface area contributed by atoms with Crippen LogP contribution in [0.3, 0.4) is 0 Å². The maximum absolute atomic E-state index is 12.4. The van der Waals surface area contributed by atoms with Crippen LogP contribution in [0.25, 0.3) is 0 Å². The molecule has 1 atom stereocenters. The molecule has 1 heterocycles. The summed E-state index contributed by atoms with van der Waals surface area (Å²) in [6, 6.07) is 5.89. The lowest BCUT2D eigenvalue weighted by molar-refractivity contribution is 0.0786. The normalized spacial score (nSPS) is 19.7. The number of hydrogen-bond donors (Lipinski definition) is 1. The number of benzene rings is 1. The molecule has 4 heteroatoms. The lowest BCUT2D eigenvalue weighted by Gasteiger charge is -2.17. The molecule has 1 aliphatic heterocycles. The Morgan fingerprint density at radius 2 is 2.35 bits per heavy atom. The highest BCUT2D eigenvalue weighted by molar-refractivity contribution is 14.1. The Labute approximate surface area is 116 Å². The number of rotatable bonds is 2. The second-order valence-corrected chi connectivity index (χ2v) is 5.66. The first kappa shape index (κ1) is 12.8. The van der Waals surface area contributed by atoms with Gasteiger partial charge in [0.1, 0.15) is 0 Å². The van der Waals surface area contributed by atoms with Crippen LogP contribution in [0.15, 0.2) is 18.2 Å². The molecule has 1 saturated heterocycles. The zero-order valence-corrected chi connectivity index (χ0v) is 12.1. The van der Waals surface area contributed by atoms with Crippen LogP contribution in [0.1, 0.15) is 22.3 Å². The summed E-state index contributed by atoms with van der Waals surface area (Å²) in [6.45, 7) is 4.35. The molecular formula is C13H17IN2O. The number of aryl methyl sites for hydroxylation is 1. The van der Waals surface area contributed by atoms with E-state index in [0.29, 0.717) is 12.5 Å². The number of nitrogens with two attached hydrogens (primary N) is 1. The highest BCUT2D eigenvalue weighted by atomic mass is 127. The van der Waals surface area contributed by atoms with Crippen molar-refractivity contribution in [2.75, 3.05) is 19.6 Å². The average molecular weight is 344 g/mol. The molecule has 1 amide bonds. The van der Waals surface area contributed by atoms with Crippen molar-refractivity contribution >= 4 is 28.5 Å². The summed E-state index contributed by atoms with van der Waals surface area (Å²) in [4.78, 5) is 14.3. The van der Waals surface area contributed by atoms with Gasteiger partial charge < -0.3 is 10.6 Å². The minimum atomic E-state index is 0.147. The van der Waals surface area contributed by atoms with Crippen molar-refractivity contribution in [2.45, 2.75) is 13.3 Å². The molecule has 1 aromatic rings. The predicted molar refractivity (Wildman–Crippen MR) is 77.0 cm³/mol. The third-order valence-electron chi connectivity index (χ3n) is 3.33. The van der Waals surface area contributed by atoms with Crippen LogP contribution < -0.4 is 5.73 Å². The van der Waals surface area contributed by atoms with Crippen molar-refractivity contribution in [1.29, 1.82) is 0 Å². The van der Waals surface area contributed by atoms with E-state index in [9.17, 15) is 4.79 Å². The first-order valence-corrected chi connectivity index (χ1v) is 6.95. The van der Waals surface area contributed by atoms with Crippen LogP contribution in [-0.4, -0.2) is 30.4 Å². The maximum Gasteiger partial charge on any atom is 0.254 e. The number of nitrogens with zero attached hydrogens (tertiary/aromatic N) is 1. The zero-order valence-electron chi connectivity index (χ0n) is 9.95. The third kappa shape index (κ3) is 2.63. The summed E-state index contributed by atoms with van der Waals surface area (Å²) < 4.78 is 1.06. The molecule has 0 bridgehead atoms. The predicted octanol–water partition coefficient (Wildman–Crippen LogP) is 2.02. The molecule has 17 heavy (non-hydrogen) atoms. The number of amides is 1. The van der Waals surface area contributed by atoms with Gasteiger partial charge in [-0.25, -0.2) is 0 Å². The van der Waals surface area contributed by atoms with Crippen molar-refractivity contribution in [2.24, 2.45) is 11.7 Å². The summed E-state index contributed by atoms with van der Waals surface area (Å²) in [6.07, 6.45) is 1.03. The number of carbonyl (C=O) groups is 1. The van der Waals surface area contributed by atoms with Gasteiger partial charge in [0.05, 0.1) is 5.56 Å². The molecule has 0 saturated carbocycles. The van der Waals surface area contributed by atoms with Crippen LogP contribution in [0.4, 0.5) is 0 Å². The fourth-order valence-corrected chi connectivity index (χ4v) is 2.78. The smallest absolute Gasteiger partial charge is 0.254 e. The van der Waals surface area contributed by atoms with Crippen molar-refractivity contribution < 1.29 is 4.79 Å². The highest BCUT2D eigenvalue weighted by Crippen LogP contribution is 2.22. The van der Waals surface area contributed by atoms with Crippen LogP contribution in [0, 0.1) is 16.4 Å². The summed E-state index contributed by atoms with van der Waals surface area (Å²) in [5.41, 5.74) is 7.63. The van der Waals surface area contributed by atoms with Gasteiger partial charge >= 0.3 is 0 Å². The van der Waals surface area contributed by atoms with E-state index in [1.165, 1.54) is 0 Å². The second kappa shape index (κ2) is 5.35. The molecule has 1 aromatic carbocycles. The molecule has 0 radical (unpaired) electrons. The standard InChI is InChI=1S/C13H17IN2O/c1-9-3-2-4-11(12(9)14)13(17)16-6-5-10(7-15)8-16/h2-4,10H,5-8,15H2,1H3. The molecule has 3 nitrogen and oxygen atoms in total. The van der Waals surface area contributed by atoms with E-state index in [0.717, 1.165) is 34.2 Å². The fourth-order valence-electron chi connectivity index (χ4n) is 2.19. The van der Waals surface area contributed by atoms with Crippen molar-refractivity contribution in [3.63, 3.8) is 0 Å². The van der Waals surface area contributed by atoms with E-state index >= 15 is 0 Å². The van der Waals surface area contributed by atoms with Crippen molar-refractivity contribution in [3.8, 4) is 0 Å². The summed E-state index contributed by atoms with van der Waals surface area (Å²) in [7, 11) is 0. The number of halogens is 1.